The Morgan fingerprint density at radius 3 is 2.36 bits per heavy atom. The summed E-state index contributed by atoms with van der Waals surface area (Å²) in [5, 5.41) is 2.56. The first kappa shape index (κ1) is 18.3. The van der Waals surface area contributed by atoms with E-state index < -0.39 is 18.1 Å². The van der Waals surface area contributed by atoms with Crippen molar-refractivity contribution >= 4 is 18.1 Å². The Hall–Kier alpha value is -3.08. The van der Waals surface area contributed by atoms with Gasteiger partial charge in [0.15, 0.2) is 0 Å². The average molecular weight is 339 g/mol. The van der Waals surface area contributed by atoms with Gasteiger partial charge in [0.05, 0.1) is 7.11 Å². The lowest BCUT2D eigenvalue weighted by Crippen LogP contribution is -2.43. The Morgan fingerprint density at radius 1 is 1.08 bits per heavy atom. The molecule has 2 aromatic carbocycles. The number of esters is 1. The maximum Gasteiger partial charge on any atom is 0.408 e. The third kappa shape index (κ3) is 5.80. The molecule has 0 saturated carbocycles. The smallest absolute Gasteiger partial charge is 0.408 e. The molecule has 1 unspecified atom stereocenters. The van der Waals surface area contributed by atoms with Crippen LogP contribution >= 0.6 is 0 Å². The van der Waals surface area contributed by atoms with Gasteiger partial charge in [0.2, 0.25) is 0 Å². The second kappa shape index (κ2) is 9.27. The molecular formula is C20H21NO4. The predicted octanol–water partition coefficient (Wildman–Crippen LogP) is 3.34. The number of methoxy groups -OCH3 is 1. The normalized spacial score (nSPS) is 11.2. The van der Waals surface area contributed by atoms with Gasteiger partial charge in [0, 0.05) is 6.42 Å². The Morgan fingerprint density at radius 2 is 1.76 bits per heavy atom. The standard InChI is InChI=1S/C20H21NO4/c1-3-15-9-11-16(12-10-15)13-18(19(22)24-2)21-20(23)25-14-17-7-5-4-6-8-17/h3-12,18H,1,13-14H2,2H3,(H,21,23). The van der Waals surface area contributed by atoms with E-state index in [4.69, 9.17) is 9.47 Å². The maximum absolute atomic E-state index is 12.0. The summed E-state index contributed by atoms with van der Waals surface area (Å²) in [6.07, 6.45) is 1.38. The molecule has 0 aromatic heterocycles. The molecule has 0 saturated heterocycles. The molecule has 5 heteroatoms. The van der Waals surface area contributed by atoms with Crippen molar-refractivity contribution in [1.82, 2.24) is 5.32 Å². The lowest BCUT2D eigenvalue weighted by molar-refractivity contribution is -0.143. The Labute approximate surface area is 147 Å². The van der Waals surface area contributed by atoms with Crippen LogP contribution in [-0.4, -0.2) is 25.2 Å². The van der Waals surface area contributed by atoms with Gasteiger partial charge in [-0.1, -0.05) is 67.3 Å². The highest BCUT2D eigenvalue weighted by Gasteiger charge is 2.22. The number of ether oxygens (including phenoxy) is 2. The van der Waals surface area contributed by atoms with Crippen LogP contribution < -0.4 is 5.32 Å². The quantitative estimate of drug-likeness (QED) is 0.786. The lowest BCUT2D eigenvalue weighted by atomic mass is 10.0. The molecule has 1 amide bonds. The highest BCUT2D eigenvalue weighted by Crippen LogP contribution is 2.09. The number of nitrogens with one attached hydrogen (secondary N) is 1. The molecule has 130 valence electrons. The number of rotatable bonds is 7. The number of carbonyl (C=O) groups excluding carboxylic acids is 2. The molecule has 0 heterocycles. The number of amides is 1. The maximum atomic E-state index is 12.0. The van der Waals surface area contributed by atoms with E-state index in [0.717, 1.165) is 16.7 Å². The number of hydrogen-bond acceptors (Lipinski definition) is 4. The summed E-state index contributed by atoms with van der Waals surface area (Å²) in [7, 11) is 1.28. The van der Waals surface area contributed by atoms with Crippen LogP contribution in [0.5, 0.6) is 0 Å². The largest absolute Gasteiger partial charge is 0.467 e. The van der Waals surface area contributed by atoms with Crippen LogP contribution in [0.4, 0.5) is 4.79 Å². The zero-order valence-corrected chi connectivity index (χ0v) is 14.1. The SMILES string of the molecule is C=Cc1ccc(CC(NC(=O)OCc2ccccc2)C(=O)OC)cc1. The van der Waals surface area contributed by atoms with Gasteiger partial charge in [0.1, 0.15) is 12.6 Å². The minimum absolute atomic E-state index is 0.134. The fraction of sp³-hybridized carbons (Fsp3) is 0.200. The van der Waals surface area contributed by atoms with Crippen molar-refractivity contribution in [2.75, 3.05) is 7.11 Å². The van der Waals surface area contributed by atoms with Gasteiger partial charge in [-0.25, -0.2) is 9.59 Å². The number of carbonyl (C=O) groups is 2. The second-order valence-electron chi connectivity index (χ2n) is 5.43. The van der Waals surface area contributed by atoms with Crippen LogP contribution in [0.15, 0.2) is 61.2 Å². The summed E-state index contributed by atoms with van der Waals surface area (Å²) < 4.78 is 9.92. The third-order valence-electron chi connectivity index (χ3n) is 3.65. The number of benzene rings is 2. The van der Waals surface area contributed by atoms with Crippen LogP contribution in [0.25, 0.3) is 6.08 Å². The first-order valence-electron chi connectivity index (χ1n) is 7.89. The summed E-state index contributed by atoms with van der Waals surface area (Å²) in [5.74, 6) is -0.524. The summed E-state index contributed by atoms with van der Waals surface area (Å²) in [6.45, 7) is 3.83. The minimum atomic E-state index is -0.817. The fourth-order valence-electron chi connectivity index (χ4n) is 2.27. The molecule has 0 bridgehead atoms. The van der Waals surface area contributed by atoms with Crippen molar-refractivity contribution in [1.29, 1.82) is 0 Å². The first-order valence-corrected chi connectivity index (χ1v) is 7.89. The van der Waals surface area contributed by atoms with Gasteiger partial charge in [0.25, 0.3) is 0 Å². The van der Waals surface area contributed by atoms with Crippen molar-refractivity contribution in [3.8, 4) is 0 Å². The molecule has 0 radical (unpaired) electrons. The molecule has 1 atom stereocenters. The fourth-order valence-corrected chi connectivity index (χ4v) is 2.27. The first-order chi connectivity index (χ1) is 12.1. The van der Waals surface area contributed by atoms with Gasteiger partial charge in [-0.05, 0) is 16.7 Å². The summed E-state index contributed by atoms with van der Waals surface area (Å²) in [5.41, 5.74) is 2.74. The molecule has 0 spiro atoms. The van der Waals surface area contributed by atoms with E-state index in [1.54, 1.807) is 6.08 Å². The van der Waals surface area contributed by atoms with Crippen LogP contribution in [0.1, 0.15) is 16.7 Å². The third-order valence-corrected chi connectivity index (χ3v) is 3.65. The van der Waals surface area contributed by atoms with Crippen molar-refractivity contribution in [2.45, 2.75) is 19.1 Å². The van der Waals surface area contributed by atoms with Crippen LogP contribution in [0.2, 0.25) is 0 Å². The zero-order valence-electron chi connectivity index (χ0n) is 14.1. The van der Waals surface area contributed by atoms with Gasteiger partial charge >= 0.3 is 12.1 Å². The molecule has 0 aliphatic heterocycles. The summed E-state index contributed by atoms with van der Waals surface area (Å²) >= 11 is 0. The monoisotopic (exact) mass is 339 g/mol. The minimum Gasteiger partial charge on any atom is -0.467 e. The highest BCUT2D eigenvalue weighted by molar-refractivity contribution is 5.81. The van der Waals surface area contributed by atoms with E-state index in [-0.39, 0.29) is 6.61 Å². The van der Waals surface area contributed by atoms with Crippen molar-refractivity contribution < 1.29 is 19.1 Å². The van der Waals surface area contributed by atoms with Crippen LogP contribution in [0, 0.1) is 0 Å². The lowest BCUT2D eigenvalue weighted by Gasteiger charge is -2.16. The van der Waals surface area contributed by atoms with Crippen molar-refractivity contribution in [3.63, 3.8) is 0 Å². The topological polar surface area (TPSA) is 64.6 Å². The Bertz CT molecular complexity index is 710. The van der Waals surface area contributed by atoms with E-state index in [1.165, 1.54) is 7.11 Å². The van der Waals surface area contributed by atoms with E-state index in [2.05, 4.69) is 11.9 Å². The van der Waals surface area contributed by atoms with E-state index in [1.807, 2.05) is 54.6 Å². The zero-order chi connectivity index (χ0) is 18.1. The summed E-state index contributed by atoms with van der Waals surface area (Å²) in [4.78, 5) is 23.9. The van der Waals surface area contributed by atoms with E-state index >= 15 is 0 Å². The molecule has 2 aromatic rings. The Balaban J connectivity index is 1.95. The average Bonchev–Trinajstić information content (AvgIpc) is 2.66. The van der Waals surface area contributed by atoms with Crippen molar-refractivity contribution in [2.24, 2.45) is 0 Å². The summed E-state index contributed by atoms with van der Waals surface area (Å²) in [6, 6.07) is 16.0. The molecule has 0 aliphatic carbocycles. The second-order valence-corrected chi connectivity index (χ2v) is 5.43. The molecule has 0 fully saturated rings. The van der Waals surface area contributed by atoms with Gasteiger partial charge < -0.3 is 14.8 Å². The molecular weight excluding hydrogens is 318 g/mol. The van der Waals surface area contributed by atoms with Gasteiger partial charge in [-0.3, -0.25) is 0 Å². The molecule has 1 N–H and O–H groups in total. The van der Waals surface area contributed by atoms with Crippen LogP contribution in [0.3, 0.4) is 0 Å². The van der Waals surface area contributed by atoms with E-state index in [9.17, 15) is 9.59 Å². The molecule has 0 aliphatic rings. The highest BCUT2D eigenvalue weighted by atomic mass is 16.6. The van der Waals surface area contributed by atoms with Gasteiger partial charge in [-0.2, -0.15) is 0 Å². The Kier molecular flexibility index (Phi) is 6.77. The van der Waals surface area contributed by atoms with Crippen LogP contribution in [-0.2, 0) is 27.3 Å². The molecule has 25 heavy (non-hydrogen) atoms. The van der Waals surface area contributed by atoms with E-state index in [0.29, 0.717) is 6.42 Å². The number of alkyl carbamates (subject to hydrolysis) is 1. The molecule has 2 rings (SSSR count). The molecule has 5 nitrogen and oxygen atoms in total. The number of hydrogen-bond donors (Lipinski definition) is 1. The van der Waals surface area contributed by atoms with Gasteiger partial charge in [-0.15, -0.1) is 0 Å². The van der Waals surface area contributed by atoms with Crippen molar-refractivity contribution in [3.05, 3.63) is 77.9 Å². The predicted molar refractivity (Wildman–Crippen MR) is 95.8 cm³/mol.